The Morgan fingerprint density at radius 1 is 1.10 bits per heavy atom. The zero-order valence-electron chi connectivity index (χ0n) is 23.5. The van der Waals surface area contributed by atoms with Gasteiger partial charge in [0.25, 0.3) is 11.5 Å². The zero-order valence-corrected chi connectivity index (χ0v) is 25.1. The molecule has 0 radical (unpaired) electrons. The molecular weight excluding hydrogens is 576 g/mol. The molecule has 0 unspecified atom stereocenters. The molecule has 42 heavy (non-hydrogen) atoms. The van der Waals surface area contributed by atoms with Gasteiger partial charge in [0.1, 0.15) is 21.8 Å². The fraction of sp³-hybridized carbons (Fsp3) is 0.267. The van der Waals surface area contributed by atoms with Crippen LogP contribution in [-0.2, 0) is 24.8 Å². The number of carbonyl (C=O) groups excluding carboxylic acids is 1. The quantitative estimate of drug-likeness (QED) is 0.279. The van der Waals surface area contributed by atoms with Gasteiger partial charge in [-0.15, -0.1) is 0 Å². The minimum Gasteiger partial charge on any atom is -0.493 e. The number of fused-ring (bicyclic) bond motifs is 1. The highest BCUT2D eigenvalue weighted by molar-refractivity contribution is 8.26. The average Bonchev–Trinajstić information content (AvgIpc) is 3.57. The molecule has 0 aliphatic carbocycles. The highest BCUT2D eigenvalue weighted by Gasteiger charge is 2.32. The summed E-state index contributed by atoms with van der Waals surface area (Å²) >= 11 is 6.76. The fourth-order valence-corrected chi connectivity index (χ4v) is 6.07. The van der Waals surface area contributed by atoms with E-state index in [1.165, 1.54) is 16.3 Å². The summed E-state index contributed by atoms with van der Waals surface area (Å²) in [5, 5.41) is 13.1. The van der Waals surface area contributed by atoms with Crippen molar-refractivity contribution in [1.82, 2.24) is 9.47 Å². The molecule has 1 amide bonds. The second-order valence-corrected chi connectivity index (χ2v) is 11.2. The van der Waals surface area contributed by atoms with Crippen LogP contribution in [0.4, 0.5) is 5.82 Å². The Morgan fingerprint density at radius 3 is 2.57 bits per heavy atom. The van der Waals surface area contributed by atoms with Crippen molar-refractivity contribution < 1.29 is 23.7 Å². The molecule has 10 nitrogen and oxygen atoms in total. The second-order valence-electron chi connectivity index (χ2n) is 9.55. The van der Waals surface area contributed by atoms with E-state index in [0.717, 1.165) is 11.1 Å². The fourth-order valence-electron chi connectivity index (χ4n) is 4.78. The smallest absolute Gasteiger partial charge is 0.270 e. The lowest BCUT2D eigenvalue weighted by molar-refractivity contribution is -0.122. The third kappa shape index (κ3) is 5.53. The lowest BCUT2D eigenvalue weighted by atomic mass is 10.0. The molecule has 12 heteroatoms. The van der Waals surface area contributed by atoms with Gasteiger partial charge in [-0.1, -0.05) is 36.1 Å². The first-order valence-electron chi connectivity index (χ1n) is 13.0. The van der Waals surface area contributed by atoms with Crippen LogP contribution in [0.5, 0.6) is 23.0 Å². The van der Waals surface area contributed by atoms with Crippen molar-refractivity contribution in [3.05, 3.63) is 79.5 Å². The molecule has 1 N–H and O–H groups in total. The lowest BCUT2D eigenvalue weighted by Crippen LogP contribution is -2.30. The maximum atomic E-state index is 13.5. The molecule has 3 aromatic rings. The topological polar surface area (TPSA) is 115 Å². The molecule has 1 saturated heterocycles. The number of thiocarbonyl (C=S) groups is 1. The van der Waals surface area contributed by atoms with E-state index in [9.17, 15) is 14.9 Å². The summed E-state index contributed by atoms with van der Waals surface area (Å²) < 4.78 is 23.4. The minimum atomic E-state index is -0.428. The largest absolute Gasteiger partial charge is 0.493 e. The van der Waals surface area contributed by atoms with Gasteiger partial charge < -0.3 is 24.3 Å². The number of ether oxygens (including phenoxy) is 4. The number of hydrogen-bond acceptors (Lipinski definition) is 10. The number of nitrogens with one attached hydrogen (secondary N) is 1. The summed E-state index contributed by atoms with van der Waals surface area (Å²) in [6.45, 7) is 2.62. The number of nitriles is 1. The molecule has 2 aromatic carbocycles. The molecule has 1 aromatic heterocycles. The van der Waals surface area contributed by atoms with E-state index in [1.54, 1.807) is 39.2 Å². The number of amides is 1. The summed E-state index contributed by atoms with van der Waals surface area (Å²) in [6, 6.07) is 13.2. The first-order chi connectivity index (χ1) is 20.2. The average molecular weight is 605 g/mol. The summed E-state index contributed by atoms with van der Waals surface area (Å²) in [5.74, 6) is 2.80. The van der Waals surface area contributed by atoms with Gasteiger partial charge in [0, 0.05) is 25.7 Å². The molecule has 2 aliphatic rings. The first kappa shape index (κ1) is 29.0. The predicted octanol–water partition coefficient (Wildman–Crippen LogP) is 4.37. The third-order valence-corrected chi connectivity index (χ3v) is 8.50. The van der Waals surface area contributed by atoms with Crippen LogP contribution in [0.1, 0.15) is 27.8 Å². The van der Waals surface area contributed by atoms with Crippen LogP contribution >= 0.6 is 24.0 Å². The van der Waals surface area contributed by atoms with Crippen molar-refractivity contribution in [1.29, 1.82) is 5.26 Å². The Bertz CT molecular complexity index is 1730. The molecule has 0 saturated carbocycles. The van der Waals surface area contributed by atoms with Crippen molar-refractivity contribution in [2.45, 2.75) is 19.9 Å². The van der Waals surface area contributed by atoms with Crippen molar-refractivity contribution in [2.75, 3.05) is 32.9 Å². The third-order valence-electron chi connectivity index (χ3n) is 7.12. The monoisotopic (exact) mass is 604 g/mol. The van der Waals surface area contributed by atoms with E-state index in [-0.39, 0.29) is 18.3 Å². The second kappa shape index (κ2) is 12.2. The number of aromatic nitrogens is 1. The number of benzene rings is 2. The predicted molar refractivity (Wildman–Crippen MR) is 164 cm³/mol. The number of anilines is 1. The molecule has 3 heterocycles. The zero-order chi connectivity index (χ0) is 30.0. The van der Waals surface area contributed by atoms with Gasteiger partial charge in [0.05, 0.1) is 19.1 Å². The summed E-state index contributed by atoms with van der Waals surface area (Å²) in [6.07, 6.45) is 2.26. The van der Waals surface area contributed by atoms with E-state index in [1.807, 2.05) is 42.5 Å². The van der Waals surface area contributed by atoms with Crippen LogP contribution < -0.4 is 29.8 Å². The van der Waals surface area contributed by atoms with E-state index in [2.05, 4.69) is 5.32 Å². The standard InChI is InChI=1S/C30H28N4O6S2/c1-17-20(13-26-29(36)34(30(41)42-26)10-9-18-5-7-22(37-3)24(11-18)38-4)27(33(2)28(35)21(17)14-31)32-15-19-6-8-23-25(12-19)40-16-39-23/h5-8,11-13,32H,9-10,15-16H2,1-4H3/b26-13+. The maximum absolute atomic E-state index is 13.5. The van der Waals surface area contributed by atoms with Crippen molar-refractivity contribution in [3.63, 3.8) is 0 Å². The van der Waals surface area contributed by atoms with Gasteiger partial charge >= 0.3 is 0 Å². The molecular formula is C30H28N4O6S2. The Balaban J connectivity index is 1.41. The molecule has 0 bridgehead atoms. The number of rotatable bonds is 9. The van der Waals surface area contributed by atoms with E-state index < -0.39 is 5.56 Å². The van der Waals surface area contributed by atoms with Crippen LogP contribution in [0.25, 0.3) is 6.08 Å². The number of pyridine rings is 1. The number of nitrogens with zero attached hydrogens (tertiary/aromatic N) is 3. The molecule has 1 fully saturated rings. The SMILES string of the molecule is COc1ccc(CCN2C(=O)/C(=C\c3c(C)c(C#N)c(=O)n(C)c3NCc3ccc4c(c3)OCO4)SC2=S)cc1OC. The van der Waals surface area contributed by atoms with E-state index >= 15 is 0 Å². The van der Waals surface area contributed by atoms with Gasteiger partial charge in [0.15, 0.2) is 23.0 Å². The number of carbonyl (C=O) groups is 1. The molecule has 5 rings (SSSR count). The van der Waals surface area contributed by atoms with Gasteiger partial charge in [-0.2, -0.15) is 5.26 Å². The van der Waals surface area contributed by atoms with Crippen LogP contribution in [0.2, 0.25) is 0 Å². The molecule has 2 aliphatic heterocycles. The van der Waals surface area contributed by atoms with Gasteiger partial charge in [-0.3, -0.25) is 19.1 Å². The van der Waals surface area contributed by atoms with E-state index in [4.69, 9.17) is 31.2 Å². The Morgan fingerprint density at radius 2 is 1.83 bits per heavy atom. The summed E-state index contributed by atoms with van der Waals surface area (Å²) in [7, 11) is 4.75. The molecule has 216 valence electrons. The van der Waals surface area contributed by atoms with Gasteiger partial charge in [-0.05, 0) is 60.4 Å². The Labute approximate surface area is 252 Å². The lowest BCUT2D eigenvalue weighted by Gasteiger charge is -2.18. The number of hydrogen-bond donors (Lipinski definition) is 1. The summed E-state index contributed by atoms with van der Waals surface area (Å²) in [4.78, 5) is 28.5. The van der Waals surface area contributed by atoms with Crippen LogP contribution in [-0.4, -0.2) is 47.3 Å². The highest BCUT2D eigenvalue weighted by atomic mass is 32.2. The minimum absolute atomic E-state index is 0.0151. The van der Waals surface area contributed by atoms with E-state index in [0.29, 0.717) is 68.7 Å². The van der Waals surface area contributed by atoms with Crippen LogP contribution in [0.3, 0.4) is 0 Å². The van der Waals surface area contributed by atoms with Crippen molar-refractivity contribution in [3.8, 4) is 29.1 Å². The molecule has 0 spiro atoms. The Hall–Kier alpha value is -4.47. The van der Waals surface area contributed by atoms with Crippen LogP contribution in [0.15, 0.2) is 46.1 Å². The normalized spacial score (nSPS) is 14.8. The maximum Gasteiger partial charge on any atom is 0.270 e. The van der Waals surface area contributed by atoms with Crippen LogP contribution in [0, 0.1) is 18.3 Å². The van der Waals surface area contributed by atoms with Crippen molar-refractivity contribution >= 4 is 46.1 Å². The van der Waals surface area contributed by atoms with Gasteiger partial charge in [-0.25, -0.2) is 0 Å². The number of thioether (sulfide) groups is 1. The molecule has 0 atom stereocenters. The first-order valence-corrected chi connectivity index (χ1v) is 14.2. The number of methoxy groups -OCH3 is 2. The van der Waals surface area contributed by atoms with Gasteiger partial charge in [0.2, 0.25) is 6.79 Å². The van der Waals surface area contributed by atoms with Crippen molar-refractivity contribution in [2.24, 2.45) is 7.05 Å². The Kier molecular flexibility index (Phi) is 8.42. The summed E-state index contributed by atoms with van der Waals surface area (Å²) in [5.41, 5.74) is 2.50. The highest BCUT2D eigenvalue weighted by Crippen LogP contribution is 2.36.